The Kier molecular flexibility index (Phi) is 5.87. The molecule has 0 unspecified atom stereocenters. The van der Waals surface area contributed by atoms with Crippen molar-refractivity contribution in [2.24, 2.45) is 0 Å². The van der Waals surface area contributed by atoms with Crippen LogP contribution in [0.25, 0.3) is 0 Å². The van der Waals surface area contributed by atoms with Crippen molar-refractivity contribution < 1.29 is 13.2 Å². The maximum atomic E-state index is 13.2. The molecule has 1 aromatic rings. The van der Waals surface area contributed by atoms with E-state index in [0.717, 1.165) is 50.9 Å². The predicted octanol–water partition coefficient (Wildman–Crippen LogP) is 2.60. The van der Waals surface area contributed by atoms with E-state index in [4.69, 9.17) is 0 Å². The molecule has 1 aromatic carbocycles. The van der Waals surface area contributed by atoms with E-state index < -0.39 is 10.0 Å². The number of benzene rings is 1. The van der Waals surface area contributed by atoms with Crippen molar-refractivity contribution in [3.8, 4) is 0 Å². The molecule has 1 N–H and O–H groups in total. The van der Waals surface area contributed by atoms with Gasteiger partial charge in [-0.3, -0.25) is 4.79 Å². The highest BCUT2D eigenvalue weighted by Crippen LogP contribution is 2.32. The van der Waals surface area contributed by atoms with Crippen LogP contribution in [0, 0.1) is 0 Å². The van der Waals surface area contributed by atoms with Gasteiger partial charge in [-0.25, -0.2) is 8.42 Å². The Morgan fingerprint density at radius 1 is 1.12 bits per heavy atom. The summed E-state index contributed by atoms with van der Waals surface area (Å²) < 4.78 is 28.0. The highest BCUT2D eigenvalue weighted by molar-refractivity contribution is 7.89. The average Bonchev–Trinajstić information content (AvgIpc) is 3.34. The number of nitrogens with one attached hydrogen (secondary N) is 1. The molecule has 0 aliphatic carbocycles. The third-order valence-electron chi connectivity index (χ3n) is 5.34. The van der Waals surface area contributed by atoms with Gasteiger partial charge in [0.05, 0.1) is 5.69 Å². The Bertz CT molecular complexity index is 751. The number of nitrogens with zero attached hydrogens (tertiary/aromatic N) is 2. The van der Waals surface area contributed by atoms with E-state index in [1.54, 1.807) is 22.5 Å². The molecule has 0 saturated carbocycles. The van der Waals surface area contributed by atoms with E-state index in [-0.39, 0.29) is 16.8 Å². The minimum atomic E-state index is -3.59. The summed E-state index contributed by atoms with van der Waals surface area (Å²) in [5.74, 6) is -0.217. The summed E-state index contributed by atoms with van der Waals surface area (Å²) >= 11 is 0. The number of sulfonamides is 1. The molecule has 2 aliphatic rings. The van der Waals surface area contributed by atoms with Crippen LogP contribution in [-0.4, -0.2) is 50.9 Å². The third kappa shape index (κ3) is 3.88. The fraction of sp³-hybridized carbons (Fsp3) is 0.632. The van der Waals surface area contributed by atoms with E-state index >= 15 is 0 Å². The first-order valence-electron chi connectivity index (χ1n) is 9.63. The smallest absolute Gasteiger partial charge is 0.251 e. The normalized spacial score (nSPS) is 19.7. The van der Waals surface area contributed by atoms with Gasteiger partial charge in [0, 0.05) is 37.8 Å². The lowest BCUT2D eigenvalue weighted by Gasteiger charge is -2.25. The van der Waals surface area contributed by atoms with Gasteiger partial charge in [-0.1, -0.05) is 6.92 Å². The second kappa shape index (κ2) is 7.96. The lowest BCUT2D eigenvalue weighted by molar-refractivity contribution is 0.0939. The number of amides is 1. The average molecular weight is 380 g/mol. The highest BCUT2D eigenvalue weighted by atomic mass is 32.2. The van der Waals surface area contributed by atoms with E-state index in [2.05, 4.69) is 10.2 Å². The van der Waals surface area contributed by atoms with Gasteiger partial charge >= 0.3 is 0 Å². The van der Waals surface area contributed by atoms with Crippen LogP contribution < -0.4 is 10.2 Å². The minimum absolute atomic E-state index is 0.0550. The summed E-state index contributed by atoms with van der Waals surface area (Å²) in [5.41, 5.74) is 1.14. The zero-order valence-corrected chi connectivity index (χ0v) is 16.5. The second-order valence-electron chi connectivity index (χ2n) is 7.27. The van der Waals surface area contributed by atoms with Crippen LogP contribution in [0.2, 0.25) is 0 Å². The van der Waals surface area contributed by atoms with Gasteiger partial charge in [0.1, 0.15) is 4.90 Å². The van der Waals surface area contributed by atoms with Crippen molar-refractivity contribution in [2.45, 2.75) is 56.9 Å². The number of carbonyl (C=O) groups is 1. The van der Waals surface area contributed by atoms with Crippen molar-refractivity contribution in [3.05, 3.63) is 23.8 Å². The predicted molar refractivity (Wildman–Crippen MR) is 103 cm³/mol. The lowest BCUT2D eigenvalue weighted by Crippen LogP contribution is -2.33. The molecule has 6 nitrogen and oxygen atoms in total. The Morgan fingerprint density at radius 2 is 1.73 bits per heavy atom. The van der Waals surface area contributed by atoms with E-state index in [1.807, 2.05) is 13.8 Å². The SMILES string of the molecule is CC[C@@H](C)NC(=O)c1ccc(N2CCCC2)c(S(=O)(=O)N2CCCC2)c1. The topological polar surface area (TPSA) is 69.7 Å². The van der Waals surface area contributed by atoms with Gasteiger partial charge in [0.2, 0.25) is 10.0 Å². The fourth-order valence-corrected chi connectivity index (χ4v) is 5.31. The zero-order valence-electron chi connectivity index (χ0n) is 15.7. The number of anilines is 1. The van der Waals surface area contributed by atoms with Crippen LogP contribution in [0.5, 0.6) is 0 Å². The van der Waals surface area contributed by atoms with Crippen molar-refractivity contribution in [1.82, 2.24) is 9.62 Å². The first kappa shape index (κ1) is 19.2. The molecule has 2 fully saturated rings. The fourth-order valence-electron chi connectivity index (χ4n) is 3.56. The summed E-state index contributed by atoms with van der Waals surface area (Å²) in [6.07, 6.45) is 4.76. The number of rotatable bonds is 6. The Labute approximate surface area is 156 Å². The molecule has 1 atom stereocenters. The molecule has 2 heterocycles. The first-order valence-corrected chi connectivity index (χ1v) is 11.1. The van der Waals surface area contributed by atoms with Crippen LogP contribution in [0.4, 0.5) is 5.69 Å². The lowest BCUT2D eigenvalue weighted by atomic mass is 10.1. The molecule has 2 saturated heterocycles. The molecule has 0 spiro atoms. The second-order valence-corrected chi connectivity index (χ2v) is 9.18. The summed E-state index contributed by atoms with van der Waals surface area (Å²) in [7, 11) is -3.59. The molecule has 26 heavy (non-hydrogen) atoms. The van der Waals surface area contributed by atoms with Crippen molar-refractivity contribution in [3.63, 3.8) is 0 Å². The monoisotopic (exact) mass is 379 g/mol. The van der Waals surface area contributed by atoms with E-state index in [9.17, 15) is 13.2 Å². The maximum Gasteiger partial charge on any atom is 0.251 e. The Morgan fingerprint density at radius 3 is 2.35 bits per heavy atom. The van der Waals surface area contributed by atoms with E-state index in [0.29, 0.717) is 18.7 Å². The molecule has 7 heteroatoms. The number of hydrogen-bond donors (Lipinski definition) is 1. The third-order valence-corrected chi connectivity index (χ3v) is 7.27. The van der Waals surface area contributed by atoms with Crippen molar-refractivity contribution in [1.29, 1.82) is 0 Å². The zero-order chi connectivity index (χ0) is 18.7. The van der Waals surface area contributed by atoms with Crippen LogP contribution in [0.15, 0.2) is 23.1 Å². The summed E-state index contributed by atoms with van der Waals surface area (Å²) in [6.45, 7) is 6.79. The molecule has 1 amide bonds. The standard InChI is InChI=1S/C19H29N3O3S/c1-3-15(2)20-19(23)16-8-9-17(21-10-4-5-11-21)18(14-16)26(24,25)22-12-6-7-13-22/h8-9,14-15H,3-7,10-13H2,1-2H3,(H,20,23)/t15-/m1/s1. The molecular weight excluding hydrogens is 350 g/mol. The quantitative estimate of drug-likeness (QED) is 0.825. The molecule has 2 aliphatic heterocycles. The Balaban J connectivity index is 1.99. The van der Waals surface area contributed by atoms with Crippen molar-refractivity contribution >= 4 is 21.6 Å². The van der Waals surface area contributed by atoms with Crippen LogP contribution >= 0.6 is 0 Å². The van der Waals surface area contributed by atoms with Gasteiger partial charge in [-0.05, 0) is 57.2 Å². The molecular formula is C19H29N3O3S. The maximum absolute atomic E-state index is 13.2. The first-order chi connectivity index (χ1) is 12.4. The minimum Gasteiger partial charge on any atom is -0.370 e. The molecule has 0 radical (unpaired) electrons. The van der Waals surface area contributed by atoms with Gasteiger partial charge in [0.25, 0.3) is 5.91 Å². The molecule has 0 aromatic heterocycles. The molecule has 3 rings (SSSR count). The van der Waals surface area contributed by atoms with Gasteiger partial charge in [-0.2, -0.15) is 4.31 Å². The number of hydrogen-bond acceptors (Lipinski definition) is 4. The van der Waals surface area contributed by atoms with Crippen LogP contribution in [0.1, 0.15) is 56.3 Å². The van der Waals surface area contributed by atoms with Crippen LogP contribution in [0.3, 0.4) is 0 Å². The largest absolute Gasteiger partial charge is 0.370 e. The summed E-state index contributed by atoms with van der Waals surface area (Å²) in [6, 6.07) is 5.17. The Hall–Kier alpha value is -1.60. The highest BCUT2D eigenvalue weighted by Gasteiger charge is 2.32. The summed E-state index contributed by atoms with van der Waals surface area (Å²) in [5, 5.41) is 2.92. The van der Waals surface area contributed by atoms with Gasteiger partial charge < -0.3 is 10.2 Å². The molecule has 144 valence electrons. The van der Waals surface area contributed by atoms with Crippen LogP contribution in [-0.2, 0) is 10.0 Å². The number of carbonyl (C=O) groups excluding carboxylic acids is 1. The van der Waals surface area contributed by atoms with E-state index in [1.165, 1.54) is 0 Å². The van der Waals surface area contributed by atoms with Gasteiger partial charge in [-0.15, -0.1) is 0 Å². The summed E-state index contributed by atoms with van der Waals surface area (Å²) in [4.78, 5) is 14.9. The van der Waals surface area contributed by atoms with Gasteiger partial charge in [0.15, 0.2) is 0 Å². The van der Waals surface area contributed by atoms with Crippen molar-refractivity contribution in [2.75, 3.05) is 31.1 Å². The molecule has 0 bridgehead atoms.